The zero-order valence-corrected chi connectivity index (χ0v) is 22.3. The van der Waals surface area contributed by atoms with Crippen LogP contribution in [0.4, 0.5) is 0 Å². The van der Waals surface area contributed by atoms with E-state index in [1.807, 2.05) is 0 Å². The summed E-state index contributed by atoms with van der Waals surface area (Å²) in [5, 5.41) is 10.1. The number of hydrogen-bond acceptors (Lipinski definition) is 5. The van der Waals surface area contributed by atoms with Gasteiger partial charge < -0.3 is 8.68 Å². The molecule has 0 amide bonds. The van der Waals surface area contributed by atoms with Gasteiger partial charge in [-0.2, -0.15) is 0 Å². The Balaban J connectivity index is 3.27. The second-order valence-corrected chi connectivity index (χ2v) is 20.3. The minimum atomic E-state index is -0.995. The molecule has 0 aromatic heterocycles. The number of carbonyl (C=O) groups is 1. The maximum absolute atomic E-state index is 12.5. The van der Waals surface area contributed by atoms with Crippen LogP contribution in [0.15, 0.2) is 10.2 Å². The Morgan fingerprint density at radius 2 is 1.12 bits per heavy atom. The molecular formula is C16H38N4OSi4. The molecule has 0 unspecified atom stereocenters. The molecule has 1 aliphatic rings. The second-order valence-electron chi connectivity index (χ2n) is 8.21. The Kier molecular flexibility index (Phi) is 8.99. The van der Waals surface area contributed by atoms with Crippen molar-refractivity contribution in [1.29, 1.82) is 0 Å². The molecule has 144 valence electrons. The van der Waals surface area contributed by atoms with Crippen LogP contribution in [0.2, 0.25) is 52.4 Å². The lowest BCUT2D eigenvalue weighted by Crippen LogP contribution is -2.44. The molecule has 0 aliphatic heterocycles. The molecule has 0 aromatic carbocycles. The predicted molar refractivity (Wildman–Crippen MR) is 122 cm³/mol. The smallest absolute Gasteiger partial charge is 0.144 e. The third-order valence-electron chi connectivity index (χ3n) is 4.54. The molecule has 0 heterocycles. The van der Waals surface area contributed by atoms with E-state index in [1.54, 1.807) is 6.92 Å². The predicted octanol–water partition coefficient (Wildman–Crippen LogP) is 2.63. The summed E-state index contributed by atoms with van der Waals surface area (Å²) < 4.78 is 4.81. The largest absolute Gasteiger partial charge is 0.355 e. The van der Waals surface area contributed by atoms with E-state index >= 15 is 0 Å². The van der Waals surface area contributed by atoms with Crippen molar-refractivity contribution in [3.63, 3.8) is 0 Å². The van der Waals surface area contributed by atoms with E-state index in [1.165, 1.54) is 0 Å². The van der Waals surface area contributed by atoms with Crippen LogP contribution in [0.25, 0.3) is 0 Å². The zero-order chi connectivity index (χ0) is 19.3. The van der Waals surface area contributed by atoms with E-state index in [2.05, 4.69) is 61.1 Å². The van der Waals surface area contributed by atoms with Crippen molar-refractivity contribution in [3.05, 3.63) is 0 Å². The van der Waals surface area contributed by atoms with E-state index in [-0.39, 0.29) is 11.7 Å². The summed E-state index contributed by atoms with van der Waals surface area (Å²) in [5.74, 6) is 0.0311. The minimum absolute atomic E-state index is 0.181. The third-order valence-corrected chi connectivity index (χ3v) is 16.4. The Hall–Kier alpha value is -0.522. The van der Waals surface area contributed by atoms with Gasteiger partial charge >= 0.3 is 0 Å². The molecule has 0 saturated heterocycles. The van der Waals surface area contributed by atoms with Crippen molar-refractivity contribution in [1.82, 2.24) is 8.68 Å². The van der Waals surface area contributed by atoms with Crippen LogP contribution in [-0.4, -0.2) is 61.7 Å². The Morgan fingerprint density at radius 1 is 0.800 bits per heavy atom. The number of hydrogen-bond donors (Lipinski definition) is 0. The normalized spacial score (nSPS) is 21.9. The van der Waals surface area contributed by atoms with Gasteiger partial charge in [-0.15, -0.1) is 0 Å². The van der Waals surface area contributed by atoms with Gasteiger partial charge in [-0.25, -0.2) is 10.2 Å². The van der Waals surface area contributed by atoms with Gasteiger partial charge in [0.1, 0.15) is 41.6 Å². The summed E-state index contributed by atoms with van der Waals surface area (Å²) >= 11 is 0. The molecule has 0 bridgehead atoms. The van der Waals surface area contributed by atoms with Crippen molar-refractivity contribution < 1.29 is 4.79 Å². The van der Waals surface area contributed by atoms with Gasteiger partial charge in [-0.3, -0.25) is 4.79 Å². The van der Waals surface area contributed by atoms with Crippen LogP contribution in [0.3, 0.4) is 0 Å². The number of rotatable bonds is 7. The molecule has 0 spiro atoms. The Morgan fingerprint density at radius 3 is 1.36 bits per heavy atom. The lowest BCUT2D eigenvalue weighted by Gasteiger charge is -2.34. The first-order chi connectivity index (χ1) is 11.6. The van der Waals surface area contributed by atoms with Gasteiger partial charge in [0.2, 0.25) is 0 Å². The Labute approximate surface area is 161 Å². The van der Waals surface area contributed by atoms with Gasteiger partial charge in [-0.1, -0.05) is 52.4 Å². The van der Waals surface area contributed by atoms with Crippen LogP contribution in [0.5, 0.6) is 0 Å². The van der Waals surface area contributed by atoms with E-state index in [0.717, 1.165) is 30.7 Å². The first-order valence-corrected chi connectivity index (χ1v) is 21.1. The summed E-state index contributed by atoms with van der Waals surface area (Å²) in [6.45, 7) is 20.3. The van der Waals surface area contributed by atoms with E-state index in [9.17, 15) is 4.79 Å². The van der Waals surface area contributed by atoms with Gasteiger partial charge in [0.25, 0.3) is 0 Å². The number of ketones is 1. The van der Waals surface area contributed by atoms with Crippen molar-refractivity contribution >= 4 is 53.0 Å². The SMILES string of the molecule is CC(=O)C1C(=NN([SiH](C)C)[SiH](C)C)CCCC1=NN([SiH](C)C)[SiH](C)C. The third kappa shape index (κ3) is 6.29. The molecule has 9 heteroatoms. The maximum atomic E-state index is 12.5. The fraction of sp³-hybridized carbons (Fsp3) is 0.812. The molecular weight excluding hydrogens is 377 g/mol. The fourth-order valence-electron chi connectivity index (χ4n) is 3.57. The average molecular weight is 415 g/mol. The molecule has 0 atom stereocenters. The molecule has 25 heavy (non-hydrogen) atoms. The highest BCUT2D eigenvalue weighted by Gasteiger charge is 2.32. The topological polar surface area (TPSA) is 48.3 Å². The van der Waals surface area contributed by atoms with Crippen LogP contribution in [0, 0.1) is 5.92 Å². The van der Waals surface area contributed by atoms with E-state index in [0.29, 0.717) is 0 Å². The van der Waals surface area contributed by atoms with Crippen LogP contribution >= 0.6 is 0 Å². The number of nitrogens with zero attached hydrogens (tertiary/aromatic N) is 4. The van der Waals surface area contributed by atoms with E-state index < -0.39 is 35.8 Å². The summed E-state index contributed by atoms with van der Waals surface area (Å²) in [5.41, 5.74) is 2.16. The molecule has 1 fully saturated rings. The molecule has 1 saturated carbocycles. The van der Waals surface area contributed by atoms with Gasteiger partial charge in [0.15, 0.2) is 0 Å². The minimum Gasteiger partial charge on any atom is -0.355 e. The summed E-state index contributed by atoms with van der Waals surface area (Å²) in [6, 6.07) is 0. The maximum Gasteiger partial charge on any atom is 0.144 e. The fourth-order valence-corrected chi connectivity index (χ4v) is 14.6. The molecule has 1 aliphatic carbocycles. The standard InChI is InChI=1S/C16H38N4OSi4/c1-13(21)16-14(17-19(22(2)3)23(4)5)11-10-12-15(16)18-20(24(6)7)25(8)9/h16,22-25H,10-12H2,1-9H3. The first-order valence-electron chi connectivity index (χ1n) is 9.78. The molecule has 0 radical (unpaired) electrons. The summed E-state index contributed by atoms with van der Waals surface area (Å²) in [4.78, 5) is 12.5. The molecule has 0 N–H and O–H groups in total. The highest BCUT2D eigenvalue weighted by atomic mass is 28.4. The first kappa shape index (κ1) is 22.5. The van der Waals surface area contributed by atoms with Crippen molar-refractivity contribution in [2.75, 3.05) is 0 Å². The van der Waals surface area contributed by atoms with E-state index in [4.69, 9.17) is 10.2 Å². The highest BCUT2D eigenvalue weighted by Crippen LogP contribution is 2.23. The molecule has 5 nitrogen and oxygen atoms in total. The van der Waals surface area contributed by atoms with Crippen molar-refractivity contribution in [2.45, 2.75) is 78.6 Å². The highest BCUT2D eigenvalue weighted by molar-refractivity contribution is 6.70. The average Bonchev–Trinajstić information content (AvgIpc) is 2.48. The van der Waals surface area contributed by atoms with Crippen LogP contribution < -0.4 is 0 Å². The molecule has 1 rings (SSSR count). The Bertz CT molecular complexity index is 466. The van der Waals surface area contributed by atoms with Gasteiger partial charge in [0, 0.05) is 0 Å². The zero-order valence-electron chi connectivity index (χ0n) is 17.7. The lowest BCUT2D eigenvalue weighted by atomic mass is 9.83. The quantitative estimate of drug-likeness (QED) is 0.475. The lowest BCUT2D eigenvalue weighted by molar-refractivity contribution is -0.117. The number of carbonyl (C=O) groups excluding carboxylic acids is 1. The van der Waals surface area contributed by atoms with Gasteiger partial charge in [0.05, 0.1) is 17.3 Å². The second kappa shape index (κ2) is 9.98. The van der Waals surface area contributed by atoms with Crippen molar-refractivity contribution in [2.24, 2.45) is 16.1 Å². The van der Waals surface area contributed by atoms with Crippen LogP contribution in [-0.2, 0) is 4.79 Å². The van der Waals surface area contributed by atoms with Crippen molar-refractivity contribution in [3.8, 4) is 0 Å². The van der Waals surface area contributed by atoms with Crippen LogP contribution in [0.1, 0.15) is 26.2 Å². The molecule has 0 aromatic rings. The van der Waals surface area contributed by atoms with Gasteiger partial charge in [-0.05, 0) is 26.2 Å². The summed E-state index contributed by atoms with van der Waals surface area (Å²) in [7, 11) is -3.98. The number of hydrazone groups is 2. The number of Topliss-reactive ketones (excluding diaryl/α,β-unsaturated/α-hetero) is 1. The summed E-state index contributed by atoms with van der Waals surface area (Å²) in [6.07, 6.45) is 2.96. The monoisotopic (exact) mass is 414 g/mol.